The predicted octanol–water partition coefficient (Wildman–Crippen LogP) is 3.40. The Bertz CT molecular complexity index is 1020. The molecule has 0 fully saturated rings. The van der Waals surface area contributed by atoms with E-state index in [0.717, 1.165) is 17.2 Å². The lowest BCUT2D eigenvalue weighted by Gasteiger charge is -2.20. The number of halogens is 1. The summed E-state index contributed by atoms with van der Waals surface area (Å²) in [7, 11) is 0. The molecule has 3 aromatic carbocycles. The maximum Gasteiger partial charge on any atom is 0.178 e. The van der Waals surface area contributed by atoms with E-state index in [4.69, 9.17) is 11.6 Å². The van der Waals surface area contributed by atoms with Crippen molar-refractivity contribution in [3.8, 4) is 0 Å². The summed E-state index contributed by atoms with van der Waals surface area (Å²) in [6, 6.07) is 21.3. The van der Waals surface area contributed by atoms with Gasteiger partial charge in [-0.05, 0) is 29.3 Å². The second-order valence-corrected chi connectivity index (χ2v) is 6.65. The van der Waals surface area contributed by atoms with Gasteiger partial charge >= 0.3 is 0 Å². The fourth-order valence-electron chi connectivity index (χ4n) is 2.84. The van der Waals surface area contributed by atoms with Crippen molar-refractivity contribution < 1.29 is 20.9 Å². The van der Waals surface area contributed by atoms with Crippen molar-refractivity contribution >= 4 is 46.2 Å². The Morgan fingerprint density at radius 1 is 0.759 bits per heavy atom. The molecule has 0 spiro atoms. The molecule has 0 aromatic heterocycles. The summed E-state index contributed by atoms with van der Waals surface area (Å²) in [6.45, 7) is 0. The molecule has 0 saturated heterocycles. The van der Waals surface area contributed by atoms with Crippen LogP contribution in [0, 0.1) is 10.4 Å². The monoisotopic (exact) mass is 410 g/mol. The molecule has 0 amide bonds. The Labute approximate surface area is 172 Å². The third kappa shape index (κ3) is 5.38. The number of quaternary nitrogens is 2. The first kappa shape index (κ1) is 20.9. The fraction of sp³-hybridized carbons (Fsp3) is 0. The Kier molecular flexibility index (Phi) is 6.92. The third-order valence-corrected chi connectivity index (χ3v) is 4.57. The maximum absolute atomic E-state index is 11.7. The highest BCUT2D eigenvalue weighted by atomic mass is 35.5. The number of benzene rings is 3. The molecule has 3 rings (SSSR count). The standard InChI is InChI=1S/C22H19ClN2O4/c23-20(13-17-9-5-2-6-10-17)19-14-18(12-11-16-7-3-1-4-8-16)21(24(26)27)15-22(19)25(28)29/h1-15,24-26,28H. The summed E-state index contributed by atoms with van der Waals surface area (Å²) in [5.41, 5.74) is 2.02. The van der Waals surface area contributed by atoms with Crippen molar-refractivity contribution in [1.29, 1.82) is 0 Å². The highest BCUT2D eigenvalue weighted by Gasteiger charge is 2.20. The van der Waals surface area contributed by atoms with Gasteiger partial charge in [-0.25, -0.2) is 10.4 Å². The average molecular weight is 411 g/mol. The lowest BCUT2D eigenvalue weighted by molar-refractivity contribution is -0.996. The molecule has 0 heterocycles. The summed E-state index contributed by atoms with van der Waals surface area (Å²) in [5.74, 6) is 0. The minimum atomic E-state index is -1.25. The summed E-state index contributed by atoms with van der Waals surface area (Å²) in [6.07, 6.45) is 5.05. The summed E-state index contributed by atoms with van der Waals surface area (Å²) in [4.78, 5) is 0. The normalized spacial score (nSPS) is 14.2. The Hall–Kier alpha value is -2.81. The van der Waals surface area contributed by atoms with Crippen molar-refractivity contribution in [2.45, 2.75) is 0 Å². The lowest BCUT2D eigenvalue weighted by atomic mass is 10.0. The molecule has 7 heteroatoms. The molecule has 29 heavy (non-hydrogen) atoms. The van der Waals surface area contributed by atoms with Crippen molar-refractivity contribution in [2.24, 2.45) is 0 Å². The first-order valence-corrected chi connectivity index (χ1v) is 9.14. The number of nitrogens with one attached hydrogen (secondary N) is 2. The van der Waals surface area contributed by atoms with Crippen LogP contribution in [-0.4, -0.2) is 10.4 Å². The van der Waals surface area contributed by atoms with Crippen LogP contribution in [0.15, 0.2) is 72.8 Å². The van der Waals surface area contributed by atoms with Gasteiger partial charge in [-0.15, -0.1) is 0 Å². The van der Waals surface area contributed by atoms with E-state index in [1.54, 1.807) is 18.2 Å². The predicted molar refractivity (Wildman–Crippen MR) is 114 cm³/mol. The van der Waals surface area contributed by atoms with E-state index < -0.39 is 10.5 Å². The van der Waals surface area contributed by atoms with Crippen molar-refractivity contribution in [1.82, 2.24) is 0 Å². The molecule has 2 atom stereocenters. The van der Waals surface area contributed by atoms with E-state index in [2.05, 4.69) is 0 Å². The van der Waals surface area contributed by atoms with Gasteiger partial charge in [-0.1, -0.05) is 78.3 Å². The second kappa shape index (κ2) is 9.60. The zero-order valence-electron chi connectivity index (χ0n) is 15.2. The molecule has 0 aliphatic carbocycles. The van der Waals surface area contributed by atoms with Gasteiger partial charge in [0, 0.05) is 5.56 Å². The second-order valence-electron chi connectivity index (χ2n) is 6.24. The molecule has 0 aliphatic heterocycles. The molecule has 148 valence electrons. The summed E-state index contributed by atoms with van der Waals surface area (Å²) < 4.78 is 0. The van der Waals surface area contributed by atoms with Gasteiger partial charge < -0.3 is 10.4 Å². The largest absolute Gasteiger partial charge is 0.595 e. The van der Waals surface area contributed by atoms with Gasteiger partial charge in [0.15, 0.2) is 11.4 Å². The van der Waals surface area contributed by atoms with Crippen molar-refractivity contribution in [3.05, 3.63) is 105 Å². The minimum absolute atomic E-state index is 0.109. The Balaban J connectivity index is 2.11. The SMILES string of the molecule is [O-][NH+](O)c1cc([NH+]([O-])O)c(C(Cl)=Cc2ccccc2)cc1C=Cc1ccccc1. The van der Waals surface area contributed by atoms with Crippen molar-refractivity contribution in [3.63, 3.8) is 0 Å². The quantitative estimate of drug-likeness (QED) is 0.370. The molecular formula is C22H19ClN2O4. The average Bonchev–Trinajstić information content (AvgIpc) is 2.72. The van der Waals surface area contributed by atoms with Gasteiger partial charge in [-0.3, -0.25) is 0 Å². The zero-order valence-corrected chi connectivity index (χ0v) is 16.0. The van der Waals surface area contributed by atoms with Crippen LogP contribution in [0.5, 0.6) is 0 Å². The van der Waals surface area contributed by atoms with Gasteiger partial charge in [0.25, 0.3) is 0 Å². The van der Waals surface area contributed by atoms with E-state index in [1.165, 1.54) is 6.07 Å². The summed E-state index contributed by atoms with van der Waals surface area (Å²) in [5, 5.41) is 40.3. The highest BCUT2D eigenvalue weighted by molar-refractivity contribution is 6.51. The zero-order chi connectivity index (χ0) is 20.8. The number of rotatable bonds is 6. The van der Waals surface area contributed by atoms with Crippen LogP contribution in [0.4, 0.5) is 11.4 Å². The molecular weight excluding hydrogens is 392 g/mol. The van der Waals surface area contributed by atoms with E-state index >= 15 is 0 Å². The fourth-order valence-corrected chi connectivity index (χ4v) is 3.12. The smallest absolute Gasteiger partial charge is 0.178 e. The first-order valence-electron chi connectivity index (χ1n) is 8.76. The number of hydrogen-bond acceptors (Lipinski definition) is 4. The molecule has 0 radical (unpaired) electrons. The van der Waals surface area contributed by atoms with E-state index in [-0.39, 0.29) is 22.0 Å². The summed E-state index contributed by atoms with van der Waals surface area (Å²) >= 11 is 6.44. The van der Waals surface area contributed by atoms with E-state index in [1.807, 2.05) is 60.7 Å². The highest BCUT2D eigenvalue weighted by Crippen LogP contribution is 2.31. The van der Waals surface area contributed by atoms with Crippen LogP contribution >= 0.6 is 11.6 Å². The van der Waals surface area contributed by atoms with Crippen molar-refractivity contribution in [2.75, 3.05) is 0 Å². The Morgan fingerprint density at radius 2 is 1.31 bits per heavy atom. The first-order chi connectivity index (χ1) is 14.0. The molecule has 6 nitrogen and oxygen atoms in total. The van der Waals surface area contributed by atoms with Crippen LogP contribution in [0.2, 0.25) is 0 Å². The molecule has 0 aliphatic rings. The van der Waals surface area contributed by atoms with Gasteiger partial charge in [-0.2, -0.15) is 10.5 Å². The van der Waals surface area contributed by atoms with Crippen LogP contribution in [-0.2, 0) is 0 Å². The third-order valence-electron chi connectivity index (χ3n) is 4.26. The van der Waals surface area contributed by atoms with Gasteiger partial charge in [0.1, 0.15) is 0 Å². The molecule has 2 unspecified atom stereocenters. The van der Waals surface area contributed by atoms with Gasteiger partial charge in [0.2, 0.25) is 0 Å². The van der Waals surface area contributed by atoms with Crippen LogP contribution in [0.3, 0.4) is 0 Å². The molecule has 0 saturated carbocycles. The van der Waals surface area contributed by atoms with E-state index in [9.17, 15) is 20.8 Å². The van der Waals surface area contributed by atoms with Crippen LogP contribution in [0.1, 0.15) is 22.3 Å². The lowest BCUT2D eigenvalue weighted by Crippen LogP contribution is -3.01. The molecule has 0 bridgehead atoms. The van der Waals surface area contributed by atoms with Gasteiger partial charge in [0.05, 0.1) is 16.7 Å². The van der Waals surface area contributed by atoms with Crippen LogP contribution < -0.4 is 10.5 Å². The van der Waals surface area contributed by atoms with E-state index in [0.29, 0.717) is 5.56 Å². The molecule has 3 aromatic rings. The minimum Gasteiger partial charge on any atom is -0.595 e. The van der Waals surface area contributed by atoms with Crippen LogP contribution in [0.25, 0.3) is 23.3 Å². The Morgan fingerprint density at radius 3 is 1.86 bits per heavy atom. The maximum atomic E-state index is 11.7. The number of hydrogen-bond donors (Lipinski definition) is 4. The topological polar surface area (TPSA) is 95.5 Å². The molecule has 4 N–H and O–H groups in total.